The third kappa shape index (κ3) is 3.99. The predicted molar refractivity (Wildman–Crippen MR) is 113 cm³/mol. The molecule has 4 rings (SSSR count). The number of ether oxygens (including phenoxy) is 3. The molecule has 0 aliphatic carbocycles. The standard InChI is InChI=1S/C24H21NO4/c1-3-27-20-12-11-18(22(15-20)28-4-2)14-21-24(26)29-23(25-21)19-10-9-16-7-5-6-8-17(16)13-19/h5-15H,3-4H2,1-2H3/b21-14-. The van der Waals surface area contributed by atoms with Gasteiger partial charge >= 0.3 is 5.97 Å². The van der Waals surface area contributed by atoms with Crippen molar-refractivity contribution in [2.75, 3.05) is 13.2 Å². The molecule has 0 saturated carbocycles. The van der Waals surface area contributed by atoms with Crippen LogP contribution in [0.1, 0.15) is 25.0 Å². The second-order valence-electron chi connectivity index (χ2n) is 6.46. The minimum Gasteiger partial charge on any atom is -0.494 e. The third-order valence-corrected chi connectivity index (χ3v) is 4.51. The van der Waals surface area contributed by atoms with Gasteiger partial charge in [0.25, 0.3) is 0 Å². The summed E-state index contributed by atoms with van der Waals surface area (Å²) in [5, 5.41) is 2.18. The summed E-state index contributed by atoms with van der Waals surface area (Å²) in [6, 6.07) is 19.4. The van der Waals surface area contributed by atoms with Crippen molar-refractivity contribution in [1.29, 1.82) is 0 Å². The number of hydrogen-bond acceptors (Lipinski definition) is 5. The lowest BCUT2D eigenvalue weighted by atomic mass is 10.1. The van der Waals surface area contributed by atoms with Gasteiger partial charge in [0, 0.05) is 17.2 Å². The number of fused-ring (bicyclic) bond motifs is 1. The Bertz CT molecular complexity index is 1130. The minimum absolute atomic E-state index is 0.235. The van der Waals surface area contributed by atoms with Crippen molar-refractivity contribution in [3.63, 3.8) is 0 Å². The zero-order chi connectivity index (χ0) is 20.2. The van der Waals surface area contributed by atoms with Crippen LogP contribution in [-0.2, 0) is 9.53 Å². The zero-order valence-corrected chi connectivity index (χ0v) is 16.3. The molecular formula is C24H21NO4. The number of nitrogens with zero attached hydrogens (tertiary/aromatic N) is 1. The molecule has 29 heavy (non-hydrogen) atoms. The molecule has 0 fully saturated rings. The Labute approximate surface area is 169 Å². The maximum absolute atomic E-state index is 12.4. The molecule has 3 aromatic rings. The van der Waals surface area contributed by atoms with Gasteiger partial charge in [-0.25, -0.2) is 9.79 Å². The molecule has 0 unspecified atom stereocenters. The highest BCUT2D eigenvalue weighted by molar-refractivity contribution is 6.13. The normalized spacial score (nSPS) is 14.8. The lowest BCUT2D eigenvalue weighted by Gasteiger charge is -2.10. The Balaban J connectivity index is 1.68. The van der Waals surface area contributed by atoms with Crippen LogP contribution < -0.4 is 9.47 Å². The maximum atomic E-state index is 12.4. The molecule has 0 amide bonds. The summed E-state index contributed by atoms with van der Waals surface area (Å²) in [5.74, 6) is 1.17. The fourth-order valence-corrected chi connectivity index (χ4v) is 3.17. The monoisotopic (exact) mass is 387 g/mol. The van der Waals surface area contributed by atoms with Gasteiger partial charge in [-0.1, -0.05) is 30.3 Å². The van der Waals surface area contributed by atoms with Crippen LogP contribution >= 0.6 is 0 Å². The number of hydrogen-bond donors (Lipinski definition) is 0. The molecule has 3 aromatic carbocycles. The van der Waals surface area contributed by atoms with E-state index in [0.717, 1.165) is 21.9 Å². The predicted octanol–water partition coefficient (Wildman–Crippen LogP) is 4.98. The van der Waals surface area contributed by atoms with E-state index in [-0.39, 0.29) is 5.70 Å². The highest BCUT2D eigenvalue weighted by atomic mass is 16.6. The van der Waals surface area contributed by atoms with E-state index in [2.05, 4.69) is 4.99 Å². The summed E-state index contributed by atoms with van der Waals surface area (Å²) in [7, 11) is 0. The molecule has 0 bridgehead atoms. The molecule has 0 aromatic heterocycles. The quantitative estimate of drug-likeness (QED) is 0.442. The van der Waals surface area contributed by atoms with Crippen LogP contribution in [-0.4, -0.2) is 25.1 Å². The molecule has 1 aliphatic heterocycles. The smallest absolute Gasteiger partial charge is 0.363 e. The second kappa shape index (κ2) is 8.19. The van der Waals surface area contributed by atoms with Gasteiger partial charge in [0.2, 0.25) is 5.90 Å². The number of carbonyl (C=O) groups is 1. The Morgan fingerprint density at radius 1 is 0.931 bits per heavy atom. The number of aliphatic imine (C=N–C) groups is 1. The minimum atomic E-state index is -0.482. The lowest BCUT2D eigenvalue weighted by Crippen LogP contribution is -2.05. The van der Waals surface area contributed by atoms with E-state index in [1.165, 1.54) is 0 Å². The summed E-state index contributed by atoms with van der Waals surface area (Å²) >= 11 is 0. The summed E-state index contributed by atoms with van der Waals surface area (Å²) in [5.41, 5.74) is 1.74. The number of carbonyl (C=O) groups excluding carboxylic acids is 1. The van der Waals surface area contributed by atoms with Crippen LogP contribution in [0.3, 0.4) is 0 Å². The van der Waals surface area contributed by atoms with Gasteiger partial charge in [-0.05, 0) is 55.0 Å². The summed E-state index contributed by atoms with van der Waals surface area (Å²) in [6.07, 6.45) is 1.68. The molecular weight excluding hydrogens is 366 g/mol. The Hall–Kier alpha value is -3.60. The number of rotatable bonds is 6. The first kappa shape index (κ1) is 18.7. The first-order valence-electron chi connectivity index (χ1n) is 9.59. The van der Waals surface area contributed by atoms with Crippen molar-refractivity contribution < 1.29 is 19.0 Å². The average Bonchev–Trinajstić information content (AvgIpc) is 3.10. The van der Waals surface area contributed by atoms with Gasteiger partial charge < -0.3 is 14.2 Å². The second-order valence-corrected chi connectivity index (χ2v) is 6.46. The molecule has 0 radical (unpaired) electrons. The molecule has 0 atom stereocenters. The van der Waals surface area contributed by atoms with Crippen molar-refractivity contribution in [1.82, 2.24) is 0 Å². The summed E-state index contributed by atoms with van der Waals surface area (Å²) in [4.78, 5) is 16.8. The van der Waals surface area contributed by atoms with Gasteiger partial charge in [-0.15, -0.1) is 0 Å². The van der Waals surface area contributed by atoms with Crippen molar-refractivity contribution >= 4 is 28.7 Å². The molecule has 5 heteroatoms. The lowest BCUT2D eigenvalue weighted by molar-refractivity contribution is -0.129. The van der Waals surface area contributed by atoms with E-state index in [9.17, 15) is 4.79 Å². The molecule has 1 aliphatic rings. The molecule has 0 N–H and O–H groups in total. The first-order chi connectivity index (χ1) is 14.2. The van der Waals surface area contributed by atoms with Crippen molar-refractivity contribution in [2.24, 2.45) is 4.99 Å². The van der Waals surface area contributed by atoms with Gasteiger partial charge in [0.15, 0.2) is 5.70 Å². The third-order valence-electron chi connectivity index (χ3n) is 4.51. The van der Waals surface area contributed by atoms with Crippen LogP contribution in [0.15, 0.2) is 71.4 Å². The van der Waals surface area contributed by atoms with Gasteiger partial charge in [-0.2, -0.15) is 0 Å². The van der Waals surface area contributed by atoms with Crippen molar-refractivity contribution in [3.05, 3.63) is 77.5 Å². The van der Waals surface area contributed by atoms with Crippen LogP contribution in [0, 0.1) is 0 Å². The van der Waals surface area contributed by atoms with Crippen LogP contribution in [0.25, 0.3) is 16.8 Å². The summed E-state index contributed by atoms with van der Waals surface area (Å²) in [6.45, 7) is 4.90. The average molecular weight is 387 g/mol. The Kier molecular flexibility index (Phi) is 5.29. The van der Waals surface area contributed by atoms with E-state index in [1.54, 1.807) is 6.08 Å². The fraction of sp³-hybridized carbons (Fsp3) is 0.167. The highest BCUT2D eigenvalue weighted by Gasteiger charge is 2.24. The Morgan fingerprint density at radius 3 is 2.52 bits per heavy atom. The fourth-order valence-electron chi connectivity index (χ4n) is 3.17. The van der Waals surface area contributed by atoms with Gasteiger partial charge in [-0.3, -0.25) is 0 Å². The van der Waals surface area contributed by atoms with Crippen LogP contribution in [0.5, 0.6) is 11.5 Å². The highest BCUT2D eigenvalue weighted by Crippen LogP contribution is 2.29. The first-order valence-corrected chi connectivity index (χ1v) is 9.59. The number of benzene rings is 3. The topological polar surface area (TPSA) is 57.1 Å². The Morgan fingerprint density at radius 2 is 1.72 bits per heavy atom. The largest absolute Gasteiger partial charge is 0.494 e. The van der Waals surface area contributed by atoms with Crippen molar-refractivity contribution in [3.8, 4) is 11.5 Å². The molecule has 0 spiro atoms. The molecule has 146 valence electrons. The SMILES string of the molecule is CCOc1ccc(/C=C2\N=C(c3ccc4ccccc4c3)OC2=O)c(OCC)c1. The van der Waals surface area contributed by atoms with Crippen LogP contribution in [0.2, 0.25) is 0 Å². The van der Waals surface area contributed by atoms with E-state index >= 15 is 0 Å². The van der Waals surface area contributed by atoms with E-state index in [4.69, 9.17) is 14.2 Å². The number of esters is 1. The number of cyclic esters (lactones) is 1. The zero-order valence-electron chi connectivity index (χ0n) is 16.3. The molecule has 5 nitrogen and oxygen atoms in total. The van der Waals surface area contributed by atoms with E-state index in [1.807, 2.05) is 74.5 Å². The maximum Gasteiger partial charge on any atom is 0.363 e. The van der Waals surface area contributed by atoms with Gasteiger partial charge in [0.05, 0.1) is 13.2 Å². The van der Waals surface area contributed by atoms with Crippen LogP contribution in [0.4, 0.5) is 0 Å². The summed E-state index contributed by atoms with van der Waals surface area (Å²) < 4.78 is 16.7. The van der Waals surface area contributed by atoms with E-state index < -0.39 is 5.97 Å². The molecule has 0 saturated heterocycles. The molecule has 1 heterocycles. The van der Waals surface area contributed by atoms with Crippen molar-refractivity contribution in [2.45, 2.75) is 13.8 Å². The van der Waals surface area contributed by atoms with Gasteiger partial charge in [0.1, 0.15) is 11.5 Å². The van der Waals surface area contributed by atoms with E-state index in [0.29, 0.717) is 30.6 Å².